The van der Waals surface area contributed by atoms with Crippen LogP contribution in [0.3, 0.4) is 0 Å². The Kier molecular flexibility index (Phi) is 5.22. The van der Waals surface area contributed by atoms with Gasteiger partial charge in [0.1, 0.15) is 17.3 Å². The number of Topliss-reactive ketones (excluding diaryl/α,β-unsaturated/α-hetero) is 1. The van der Waals surface area contributed by atoms with E-state index in [1.807, 2.05) is 12.1 Å². The molecule has 1 amide bonds. The van der Waals surface area contributed by atoms with Gasteiger partial charge in [-0.25, -0.2) is 4.98 Å². The quantitative estimate of drug-likeness (QED) is 0.226. The van der Waals surface area contributed by atoms with E-state index in [-0.39, 0.29) is 22.8 Å². The SMILES string of the molecule is COc1cc(/C(O)=C2\C(=O)C(=O)N(c3nc4ccccc4[nH]3)C2c2cccc(O)c2)ccc1Cl. The van der Waals surface area contributed by atoms with Gasteiger partial charge in [-0.1, -0.05) is 35.9 Å². The van der Waals surface area contributed by atoms with E-state index in [1.54, 1.807) is 24.3 Å². The highest BCUT2D eigenvalue weighted by Gasteiger charge is 2.48. The molecule has 3 N–H and O–H groups in total. The minimum absolute atomic E-state index is 0.0548. The number of hydrogen-bond acceptors (Lipinski definition) is 6. The molecule has 1 aromatic heterocycles. The van der Waals surface area contributed by atoms with Gasteiger partial charge in [-0.3, -0.25) is 14.5 Å². The number of aromatic amines is 1. The number of carbonyl (C=O) groups excluding carboxylic acids is 2. The van der Waals surface area contributed by atoms with Crippen LogP contribution >= 0.6 is 11.6 Å². The van der Waals surface area contributed by atoms with Crippen molar-refractivity contribution in [2.24, 2.45) is 0 Å². The van der Waals surface area contributed by atoms with E-state index in [4.69, 9.17) is 16.3 Å². The van der Waals surface area contributed by atoms with Crippen molar-refractivity contribution in [1.82, 2.24) is 9.97 Å². The van der Waals surface area contributed by atoms with Crippen molar-refractivity contribution in [3.8, 4) is 11.5 Å². The van der Waals surface area contributed by atoms with E-state index in [0.29, 0.717) is 27.4 Å². The number of hydrogen-bond donors (Lipinski definition) is 3. The fourth-order valence-corrected chi connectivity index (χ4v) is 4.27. The number of rotatable bonds is 4. The molecule has 1 aliphatic heterocycles. The first kappa shape index (κ1) is 21.5. The number of phenols is 1. The number of ketones is 1. The lowest BCUT2D eigenvalue weighted by atomic mass is 9.95. The summed E-state index contributed by atoms with van der Waals surface area (Å²) < 4.78 is 5.22. The van der Waals surface area contributed by atoms with E-state index in [9.17, 15) is 19.8 Å². The Morgan fingerprint density at radius 3 is 2.62 bits per heavy atom. The van der Waals surface area contributed by atoms with Crippen molar-refractivity contribution < 1.29 is 24.5 Å². The van der Waals surface area contributed by atoms with E-state index in [2.05, 4.69) is 9.97 Å². The highest BCUT2D eigenvalue weighted by Crippen LogP contribution is 2.43. The molecule has 0 bridgehead atoms. The molecule has 170 valence electrons. The van der Waals surface area contributed by atoms with Gasteiger partial charge in [0.25, 0.3) is 5.78 Å². The number of imidazole rings is 1. The van der Waals surface area contributed by atoms with Crippen molar-refractivity contribution in [1.29, 1.82) is 0 Å². The van der Waals surface area contributed by atoms with Gasteiger partial charge in [-0.15, -0.1) is 0 Å². The smallest absolute Gasteiger partial charge is 0.302 e. The average Bonchev–Trinajstić information content (AvgIpc) is 3.37. The summed E-state index contributed by atoms with van der Waals surface area (Å²) in [5.74, 6) is -1.77. The second kappa shape index (κ2) is 8.24. The van der Waals surface area contributed by atoms with Crippen LogP contribution in [0, 0.1) is 0 Å². The Morgan fingerprint density at radius 2 is 1.88 bits per heavy atom. The summed E-state index contributed by atoms with van der Waals surface area (Å²) in [7, 11) is 1.43. The standard InChI is InChI=1S/C25H18ClN3O5/c1-34-19-12-14(9-10-16(19)26)22(31)20-21(13-5-4-6-15(30)11-13)29(24(33)23(20)32)25-27-17-7-2-3-8-18(17)28-25/h2-12,21,30-31H,1H3,(H,27,28)/b22-20+. The molecule has 9 heteroatoms. The number of halogens is 1. The van der Waals surface area contributed by atoms with Gasteiger partial charge >= 0.3 is 5.91 Å². The van der Waals surface area contributed by atoms with Gasteiger partial charge < -0.3 is 19.9 Å². The summed E-state index contributed by atoms with van der Waals surface area (Å²) in [4.78, 5) is 35.2. The van der Waals surface area contributed by atoms with Gasteiger partial charge in [0.2, 0.25) is 5.95 Å². The second-order valence-corrected chi connectivity index (χ2v) is 8.10. The van der Waals surface area contributed by atoms with E-state index < -0.39 is 23.5 Å². The zero-order valence-electron chi connectivity index (χ0n) is 17.8. The van der Waals surface area contributed by atoms with Crippen molar-refractivity contribution >= 4 is 46.0 Å². The van der Waals surface area contributed by atoms with E-state index in [0.717, 1.165) is 0 Å². The van der Waals surface area contributed by atoms with Crippen LogP contribution in [-0.2, 0) is 9.59 Å². The molecule has 0 saturated carbocycles. The number of methoxy groups -OCH3 is 1. The van der Waals surface area contributed by atoms with Crippen LogP contribution in [0.4, 0.5) is 5.95 Å². The summed E-state index contributed by atoms with van der Waals surface area (Å²) in [5.41, 5.74) is 1.80. The molecule has 1 aliphatic rings. The number of H-pyrrole nitrogens is 1. The van der Waals surface area contributed by atoms with Crippen molar-refractivity contribution in [2.45, 2.75) is 6.04 Å². The molecule has 1 unspecified atom stereocenters. The summed E-state index contributed by atoms with van der Waals surface area (Å²) in [6.45, 7) is 0. The molecule has 1 saturated heterocycles. The number of aromatic hydroxyl groups is 1. The van der Waals surface area contributed by atoms with Crippen LogP contribution in [0.5, 0.6) is 11.5 Å². The predicted octanol–water partition coefficient (Wildman–Crippen LogP) is 4.56. The molecular formula is C25H18ClN3O5. The molecule has 34 heavy (non-hydrogen) atoms. The number of fused-ring (bicyclic) bond motifs is 1. The van der Waals surface area contributed by atoms with Gasteiger partial charge in [-0.2, -0.15) is 0 Å². The Bertz CT molecular complexity index is 1460. The molecule has 0 spiro atoms. The molecule has 4 aromatic rings. The Morgan fingerprint density at radius 1 is 1.09 bits per heavy atom. The number of nitrogens with one attached hydrogen (secondary N) is 1. The van der Waals surface area contributed by atoms with Crippen molar-refractivity contribution in [3.05, 3.63) is 88.5 Å². The maximum Gasteiger partial charge on any atom is 0.302 e. The third-order valence-corrected chi connectivity index (χ3v) is 5.97. The van der Waals surface area contributed by atoms with Gasteiger partial charge in [-0.05, 0) is 48.0 Å². The van der Waals surface area contributed by atoms with Crippen LogP contribution in [-0.4, -0.2) is 39.0 Å². The monoisotopic (exact) mass is 475 g/mol. The normalized spacial score (nSPS) is 17.5. The van der Waals surface area contributed by atoms with Crippen molar-refractivity contribution in [3.63, 3.8) is 0 Å². The fourth-order valence-electron chi connectivity index (χ4n) is 4.08. The summed E-state index contributed by atoms with van der Waals surface area (Å²) in [5, 5.41) is 21.6. The lowest BCUT2D eigenvalue weighted by Crippen LogP contribution is -2.30. The number of ether oxygens (including phenoxy) is 1. The van der Waals surface area contributed by atoms with Crippen LogP contribution in [0.1, 0.15) is 17.2 Å². The number of anilines is 1. The van der Waals surface area contributed by atoms with Gasteiger partial charge in [0.15, 0.2) is 0 Å². The number of carbonyl (C=O) groups is 2. The van der Waals surface area contributed by atoms with Crippen molar-refractivity contribution in [2.75, 3.05) is 12.0 Å². The van der Waals surface area contributed by atoms with Crippen LogP contribution in [0.25, 0.3) is 16.8 Å². The third kappa shape index (κ3) is 3.45. The average molecular weight is 476 g/mol. The Hall–Kier alpha value is -4.30. The second-order valence-electron chi connectivity index (χ2n) is 7.69. The Labute approximate surface area is 198 Å². The molecule has 1 atom stereocenters. The first-order chi connectivity index (χ1) is 16.4. The zero-order valence-corrected chi connectivity index (χ0v) is 18.6. The number of phenolic OH excluding ortho intramolecular Hbond substituents is 1. The summed E-state index contributed by atoms with van der Waals surface area (Å²) >= 11 is 6.10. The first-order valence-corrected chi connectivity index (χ1v) is 10.7. The number of benzene rings is 3. The third-order valence-electron chi connectivity index (χ3n) is 5.66. The number of amides is 1. The molecule has 0 radical (unpaired) electrons. The molecule has 5 rings (SSSR count). The highest BCUT2D eigenvalue weighted by molar-refractivity contribution is 6.51. The maximum atomic E-state index is 13.2. The van der Waals surface area contributed by atoms with Crippen LogP contribution in [0.15, 0.2) is 72.3 Å². The maximum absolute atomic E-state index is 13.2. The van der Waals surface area contributed by atoms with E-state index in [1.165, 1.54) is 42.3 Å². The number of aliphatic hydroxyl groups excluding tert-OH is 1. The Balaban J connectivity index is 1.74. The molecule has 3 aromatic carbocycles. The topological polar surface area (TPSA) is 116 Å². The number of para-hydroxylation sites is 2. The molecule has 1 fully saturated rings. The van der Waals surface area contributed by atoms with Gasteiger partial charge in [0, 0.05) is 5.56 Å². The predicted molar refractivity (Wildman–Crippen MR) is 127 cm³/mol. The summed E-state index contributed by atoms with van der Waals surface area (Å²) in [6.07, 6.45) is 0. The number of aromatic nitrogens is 2. The minimum Gasteiger partial charge on any atom is -0.508 e. The van der Waals surface area contributed by atoms with Crippen LogP contribution < -0.4 is 9.64 Å². The van der Waals surface area contributed by atoms with Crippen LogP contribution in [0.2, 0.25) is 5.02 Å². The molecule has 2 heterocycles. The largest absolute Gasteiger partial charge is 0.508 e. The fraction of sp³-hybridized carbons (Fsp3) is 0.0800. The number of aliphatic hydroxyl groups is 1. The lowest BCUT2D eigenvalue weighted by Gasteiger charge is -2.23. The minimum atomic E-state index is -1.05. The molecule has 8 nitrogen and oxygen atoms in total. The number of nitrogens with zero attached hydrogens (tertiary/aromatic N) is 2. The highest BCUT2D eigenvalue weighted by atomic mass is 35.5. The zero-order chi connectivity index (χ0) is 24.0. The van der Waals surface area contributed by atoms with Gasteiger partial charge in [0.05, 0.1) is 34.8 Å². The summed E-state index contributed by atoms with van der Waals surface area (Å²) in [6, 6.07) is 16.8. The molecular weight excluding hydrogens is 458 g/mol. The van der Waals surface area contributed by atoms with E-state index >= 15 is 0 Å². The lowest BCUT2D eigenvalue weighted by molar-refractivity contribution is -0.132. The molecule has 0 aliphatic carbocycles. The first-order valence-electron chi connectivity index (χ1n) is 10.3.